The van der Waals surface area contributed by atoms with Crippen LogP contribution in [0.2, 0.25) is 20.1 Å². The summed E-state index contributed by atoms with van der Waals surface area (Å²) in [6.07, 6.45) is 2.02. The van der Waals surface area contributed by atoms with E-state index >= 15 is 0 Å². The number of aromatic nitrogens is 1. The summed E-state index contributed by atoms with van der Waals surface area (Å²) in [6, 6.07) is 22.7. The summed E-state index contributed by atoms with van der Waals surface area (Å²) in [7, 11) is 2.02. The lowest BCUT2D eigenvalue weighted by molar-refractivity contribution is 0.358. The van der Waals surface area contributed by atoms with Crippen molar-refractivity contribution in [1.82, 2.24) is 9.88 Å². The van der Waals surface area contributed by atoms with Crippen LogP contribution in [0.25, 0.3) is 22.8 Å². The molecule has 0 aliphatic carbocycles. The van der Waals surface area contributed by atoms with Crippen LogP contribution in [0.1, 0.15) is 22.4 Å². The molecule has 1 aromatic heterocycles. The number of para-hydroxylation sites is 1. The highest BCUT2D eigenvalue weighted by atomic mass is 35.5. The molecule has 184 valence electrons. The van der Waals surface area contributed by atoms with Crippen LogP contribution in [0, 0.1) is 11.3 Å². The van der Waals surface area contributed by atoms with Gasteiger partial charge in [-0.2, -0.15) is 5.26 Å². The Hall–Kier alpha value is -3.04. The number of hydrogen-bond acceptors (Lipinski definition) is 4. The molecule has 3 aromatic carbocycles. The Balaban J connectivity index is 1.80. The number of rotatable bonds is 4. The lowest BCUT2D eigenvalue weighted by Gasteiger charge is -2.30. The molecule has 0 saturated carbocycles. The molecule has 0 fully saturated rings. The zero-order valence-corrected chi connectivity index (χ0v) is 22.7. The number of hydrogen-bond donors (Lipinski definition) is 1. The monoisotopic (exact) mass is 564 g/mol. The van der Waals surface area contributed by atoms with Crippen LogP contribution in [0.3, 0.4) is 0 Å². The van der Waals surface area contributed by atoms with Gasteiger partial charge in [0.25, 0.3) is 0 Å². The van der Waals surface area contributed by atoms with Crippen molar-refractivity contribution >= 4 is 69.6 Å². The van der Waals surface area contributed by atoms with E-state index in [-0.39, 0.29) is 0 Å². The Morgan fingerprint density at radius 2 is 1.62 bits per heavy atom. The smallest absolute Gasteiger partial charge is 0.149 e. The van der Waals surface area contributed by atoms with Gasteiger partial charge in [0.15, 0.2) is 0 Å². The zero-order chi connectivity index (χ0) is 26.1. The van der Waals surface area contributed by atoms with Gasteiger partial charge in [0.05, 0.1) is 5.69 Å². The summed E-state index contributed by atoms with van der Waals surface area (Å²) in [6.45, 7) is 1.23. The molecule has 2 heterocycles. The van der Waals surface area contributed by atoms with Gasteiger partial charge in [-0.3, -0.25) is 4.90 Å². The fraction of sp³-hybridized carbons (Fsp3) is 0.103. The quantitative estimate of drug-likeness (QED) is 0.268. The molecule has 1 aliphatic rings. The Labute approximate surface area is 235 Å². The number of pyridine rings is 1. The molecular weight excluding hydrogens is 546 g/mol. The third-order valence-corrected chi connectivity index (χ3v) is 7.22. The SMILES string of the molecule is CN1C/C(=C/c2ccc(Cl)cc2Cl)c2nc(Nc3ccccc3)c(C#N)c(-c3ccc(Cl)cc3Cl)c2C1. The molecule has 0 radical (unpaired) electrons. The summed E-state index contributed by atoms with van der Waals surface area (Å²) in [4.78, 5) is 7.17. The maximum absolute atomic E-state index is 10.4. The van der Waals surface area contributed by atoms with Gasteiger partial charge in [0, 0.05) is 55.6 Å². The number of nitrogens with one attached hydrogen (secondary N) is 1. The molecule has 4 nitrogen and oxygen atoms in total. The molecule has 4 aromatic rings. The fourth-order valence-corrected chi connectivity index (χ4v) is 5.47. The molecule has 1 aliphatic heterocycles. The zero-order valence-electron chi connectivity index (χ0n) is 19.7. The second kappa shape index (κ2) is 10.8. The number of benzene rings is 3. The standard InChI is InChI=1S/C29H20Cl4N4/c1-37-15-18(11-17-7-8-19(30)12-25(17)32)28-24(16-37)27(22-10-9-20(31)13-26(22)33)23(14-34)29(36-28)35-21-5-3-2-4-6-21/h2-13H,15-16H2,1H3,(H,35,36)/b18-11-. The van der Waals surface area contributed by atoms with Crippen molar-refractivity contribution in [3.8, 4) is 17.2 Å². The first kappa shape index (κ1) is 25.6. The fourth-order valence-electron chi connectivity index (χ4n) is 4.50. The predicted molar refractivity (Wildman–Crippen MR) is 155 cm³/mol. The Kier molecular flexibility index (Phi) is 7.44. The molecule has 0 bridgehead atoms. The van der Waals surface area contributed by atoms with E-state index < -0.39 is 0 Å². The van der Waals surface area contributed by atoms with Gasteiger partial charge in [-0.05, 0) is 60.7 Å². The minimum Gasteiger partial charge on any atom is -0.339 e. The third-order valence-electron chi connectivity index (χ3n) is 6.11. The van der Waals surface area contributed by atoms with Gasteiger partial charge in [-0.1, -0.05) is 76.7 Å². The van der Waals surface area contributed by atoms with Crippen molar-refractivity contribution in [3.63, 3.8) is 0 Å². The van der Waals surface area contributed by atoms with Crippen molar-refractivity contribution in [2.75, 3.05) is 18.9 Å². The van der Waals surface area contributed by atoms with Gasteiger partial charge in [-0.25, -0.2) is 4.98 Å². The van der Waals surface area contributed by atoms with E-state index in [0.717, 1.165) is 39.2 Å². The van der Waals surface area contributed by atoms with E-state index in [0.29, 0.717) is 44.6 Å². The first-order valence-electron chi connectivity index (χ1n) is 11.4. The molecule has 37 heavy (non-hydrogen) atoms. The molecule has 8 heteroatoms. The average Bonchev–Trinajstić information content (AvgIpc) is 2.86. The van der Waals surface area contributed by atoms with Crippen molar-refractivity contribution in [1.29, 1.82) is 5.26 Å². The van der Waals surface area contributed by atoms with Crippen LogP contribution in [0.4, 0.5) is 11.5 Å². The van der Waals surface area contributed by atoms with Gasteiger partial charge in [0.1, 0.15) is 17.5 Å². The number of halogens is 4. The van der Waals surface area contributed by atoms with Crippen molar-refractivity contribution in [3.05, 3.63) is 109 Å². The summed E-state index contributed by atoms with van der Waals surface area (Å²) in [5.74, 6) is 0.450. The molecule has 0 unspecified atom stereocenters. The van der Waals surface area contributed by atoms with E-state index in [4.69, 9.17) is 51.4 Å². The minimum atomic E-state index is 0.408. The summed E-state index contributed by atoms with van der Waals surface area (Å²) < 4.78 is 0. The lowest BCUT2D eigenvalue weighted by atomic mass is 9.88. The molecule has 0 spiro atoms. The topological polar surface area (TPSA) is 52.0 Å². The molecule has 0 atom stereocenters. The van der Waals surface area contributed by atoms with Gasteiger partial charge < -0.3 is 5.32 Å². The van der Waals surface area contributed by atoms with E-state index in [9.17, 15) is 5.26 Å². The summed E-state index contributed by atoms with van der Waals surface area (Å²) in [5, 5.41) is 15.8. The lowest BCUT2D eigenvalue weighted by Crippen LogP contribution is -2.28. The summed E-state index contributed by atoms with van der Waals surface area (Å²) >= 11 is 25.5. The average molecular weight is 566 g/mol. The summed E-state index contributed by atoms with van der Waals surface area (Å²) in [5.41, 5.74) is 6.15. The highest BCUT2D eigenvalue weighted by Crippen LogP contribution is 2.43. The van der Waals surface area contributed by atoms with Crippen LogP contribution in [-0.2, 0) is 6.54 Å². The number of nitrogens with zero attached hydrogens (tertiary/aromatic N) is 3. The second-order valence-corrected chi connectivity index (χ2v) is 10.5. The highest BCUT2D eigenvalue weighted by Gasteiger charge is 2.29. The number of likely N-dealkylation sites (N-methyl/N-ethyl adjacent to an activating group) is 1. The van der Waals surface area contributed by atoms with E-state index in [1.807, 2.05) is 55.6 Å². The van der Waals surface area contributed by atoms with Crippen molar-refractivity contribution in [2.24, 2.45) is 0 Å². The van der Waals surface area contributed by atoms with Crippen LogP contribution in [0.5, 0.6) is 0 Å². The number of fused-ring (bicyclic) bond motifs is 1. The maximum Gasteiger partial charge on any atom is 0.149 e. The molecule has 5 rings (SSSR count). The Morgan fingerprint density at radius 3 is 2.30 bits per heavy atom. The van der Waals surface area contributed by atoms with Gasteiger partial charge in [0.2, 0.25) is 0 Å². The highest BCUT2D eigenvalue weighted by molar-refractivity contribution is 6.37. The first-order chi connectivity index (χ1) is 17.8. The molecular formula is C29H20Cl4N4. The number of anilines is 2. The molecule has 0 saturated heterocycles. The minimum absolute atomic E-state index is 0.408. The van der Waals surface area contributed by atoms with Crippen LogP contribution in [0.15, 0.2) is 66.7 Å². The van der Waals surface area contributed by atoms with Gasteiger partial charge >= 0.3 is 0 Å². The third kappa shape index (κ3) is 5.33. The largest absolute Gasteiger partial charge is 0.339 e. The van der Waals surface area contributed by atoms with Crippen LogP contribution >= 0.6 is 46.4 Å². The van der Waals surface area contributed by atoms with Crippen molar-refractivity contribution in [2.45, 2.75) is 6.54 Å². The maximum atomic E-state index is 10.4. The normalized spacial score (nSPS) is 14.3. The van der Waals surface area contributed by atoms with E-state index in [2.05, 4.69) is 16.3 Å². The van der Waals surface area contributed by atoms with Crippen LogP contribution < -0.4 is 5.32 Å². The predicted octanol–water partition coefficient (Wildman–Crippen LogP) is 8.96. The van der Waals surface area contributed by atoms with Crippen molar-refractivity contribution < 1.29 is 0 Å². The van der Waals surface area contributed by atoms with E-state index in [1.54, 1.807) is 24.3 Å². The van der Waals surface area contributed by atoms with Crippen LogP contribution in [-0.4, -0.2) is 23.5 Å². The Bertz CT molecular complexity index is 1580. The molecule has 0 amide bonds. The van der Waals surface area contributed by atoms with Gasteiger partial charge in [-0.15, -0.1) is 0 Å². The first-order valence-corrected chi connectivity index (χ1v) is 12.9. The second-order valence-electron chi connectivity index (χ2n) is 8.77. The Morgan fingerprint density at radius 1 is 0.919 bits per heavy atom. The molecule has 1 N–H and O–H groups in total. The van der Waals surface area contributed by atoms with E-state index in [1.165, 1.54) is 0 Å². The number of nitriles is 1.